The van der Waals surface area contributed by atoms with Gasteiger partial charge in [-0.05, 0) is 26.9 Å². The molecule has 0 aromatic carbocycles. The molecule has 0 aliphatic carbocycles. The highest BCUT2D eigenvalue weighted by molar-refractivity contribution is 5.78. The van der Waals surface area contributed by atoms with Crippen LogP contribution in [-0.4, -0.2) is 61.9 Å². The molecular weight excluding hydrogens is 220 g/mol. The molecule has 0 fully saturated rings. The Kier molecular flexibility index (Phi) is 6.67. The number of likely N-dealkylation sites (N-methyl/N-ethyl adjacent to an activating group) is 1. The second-order valence-corrected chi connectivity index (χ2v) is 5.33. The summed E-state index contributed by atoms with van der Waals surface area (Å²) in [5, 5.41) is 12.5. The van der Waals surface area contributed by atoms with E-state index < -0.39 is 11.5 Å². The van der Waals surface area contributed by atoms with Crippen LogP contribution in [-0.2, 0) is 9.53 Å². The van der Waals surface area contributed by atoms with E-state index in [1.807, 2.05) is 19.0 Å². The first-order valence-electron chi connectivity index (χ1n) is 5.87. The fourth-order valence-corrected chi connectivity index (χ4v) is 1.68. The average molecular weight is 246 g/mol. The number of nitrogens with one attached hydrogen (secondary N) is 1. The molecule has 0 heterocycles. The molecule has 0 aromatic heterocycles. The topological polar surface area (TPSA) is 61.8 Å². The van der Waals surface area contributed by atoms with Gasteiger partial charge in [-0.3, -0.25) is 10.1 Å². The van der Waals surface area contributed by atoms with E-state index >= 15 is 0 Å². The summed E-state index contributed by atoms with van der Waals surface area (Å²) in [5.41, 5.74) is -1.04. The standard InChI is InChI=1S/C12H26N2O3/c1-9(2)10(7-14(4)5)13-12(3,8-17-6)11(15)16/h9-10,13H,7-8H2,1-6H3,(H,15,16). The normalized spacial score (nSPS) is 17.2. The lowest BCUT2D eigenvalue weighted by Crippen LogP contribution is -2.60. The van der Waals surface area contributed by atoms with E-state index in [0.29, 0.717) is 5.92 Å². The Labute approximate surface area is 104 Å². The van der Waals surface area contributed by atoms with Crippen LogP contribution >= 0.6 is 0 Å². The molecule has 2 unspecified atom stereocenters. The van der Waals surface area contributed by atoms with Gasteiger partial charge in [-0.15, -0.1) is 0 Å². The van der Waals surface area contributed by atoms with Crippen LogP contribution in [0.4, 0.5) is 0 Å². The molecule has 0 spiro atoms. The van der Waals surface area contributed by atoms with Crippen molar-refractivity contribution < 1.29 is 14.6 Å². The Bertz CT molecular complexity index is 244. The van der Waals surface area contributed by atoms with E-state index in [2.05, 4.69) is 19.2 Å². The summed E-state index contributed by atoms with van der Waals surface area (Å²) in [6.07, 6.45) is 0. The number of nitrogens with zero attached hydrogens (tertiary/aromatic N) is 1. The van der Waals surface area contributed by atoms with Crippen molar-refractivity contribution in [3.63, 3.8) is 0 Å². The Morgan fingerprint density at radius 3 is 2.29 bits per heavy atom. The number of carboxylic acids is 1. The number of aliphatic carboxylic acids is 1. The number of carbonyl (C=O) groups is 1. The van der Waals surface area contributed by atoms with Gasteiger partial charge in [0.05, 0.1) is 6.61 Å². The van der Waals surface area contributed by atoms with Gasteiger partial charge >= 0.3 is 5.97 Å². The molecule has 17 heavy (non-hydrogen) atoms. The van der Waals surface area contributed by atoms with Gasteiger partial charge in [0.15, 0.2) is 0 Å². The summed E-state index contributed by atoms with van der Waals surface area (Å²) in [5.74, 6) is -0.531. The lowest BCUT2D eigenvalue weighted by atomic mass is 9.97. The van der Waals surface area contributed by atoms with Crippen molar-refractivity contribution in [2.45, 2.75) is 32.4 Å². The molecule has 0 aliphatic rings. The van der Waals surface area contributed by atoms with Crippen molar-refractivity contribution in [2.75, 3.05) is 34.4 Å². The zero-order valence-electron chi connectivity index (χ0n) is 11.8. The Morgan fingerprint density at radius 2 is 2.00 bits per heavy atom. The van der Waals surface area contributed by atoms with Crippen LogP contribution in [0, 0.1) is 5.92 Å². The zero-order chi connectivity index (χ0) is 13.6. The molecule has 102 valence electrons. The molecule has 0 aromatic rings. The predicted molar refractivity (Wildman–Crippen MR) is 68.2 cm³/mol. The van der Waals surface area contributed by atoms with E-state index in [9.17, 15) is 9.90 Å². The van der Waals surface area contributed by atoms with Gasteiger partial charge in [0.2, 0.25) is 0 Å². The van der Waals surface area contributed by atoms with E-state index in [-0.39, 0.29) is 12.6 Å². The first-order valence-corrected chi connectivity index (χ1v) is 5.87. The fraction of sp³-hybridized carbons (Fsp3) is 0.917. The molecule has 5 nitrogen and oxygen atoms in total. The van der Waals surface area contributed by atoms with E-state index in [0.717, 1.165) is 6.54 Å². The number of hydrogen-bond donors (Lipinski definition) is 2. The molecule has 0 saturated carbocycles. The third kappa shape index (κ3) is 5.48. The van der Waals surface area contributed by atoms with Crippen LogP contribution in [0.15, 0.2) is 0 Å². The van der Waals surface area contributed by atoms with Crippen LogP contribution in [0.1, 0.15) is 20.8 Å². The number of carboxylic acid groups (broad SMARTS) is 1. The van der Waals surface area contributed by atoms with Crippen molar-refractivity contribution in [2.24, 2.45) is 5.92 Å². The lowest BCUT2D eigenvalue weighted by molar-refractivity contribution is -0.147. The Balaban J connectivity index is 4.73. The highest BCUT2D eigenvalue weighted by Gasteiger charge is 2.36. The molecule has 2 N–H and O–H groups in total. The quantitative estimate of drug-likeness (QED) is 0.658. The largest absolute Gasteiger partial charge is 0.480 e. The van der Waals surface area contributed by atoms with Crippen molar-refractivity contribution in [3.8, 4) is 0 Å². The predicted octanol–water partition coefficient (Wildman–Crippen LogP) is 0.652. The molecule has 0 aliphatic heterocycles. The maximum absolute atomic E-state index is 11.3. The zero-order valence-corrected chi connectivity index (χ0v) is 11.8. The highest BCUT2D eigenvalue weighted by atomic mass is 16.5. The van der Waals surface area contributed by atoms with Gasteiger partial charge in [0.1, 0.15) is 5.54 Å². The number of rotatable bonds is 8. The minimum atomic E-state index is -1.04. The van der Waals surface area contributed by atoms with E-state index in [4.69, 9.17) is 4.74 Å². The monoisotopic (exact) mass is 246 g/mol. The van der Waals surface area contributed by atoms with Crippen molar-refractivity contribution in [1.82, 2.24) is 10.2 Å². The second kappa shape index (κ2) is 6.93. The summed E-state index contributed by atoms with van der Waals surface area (Å²) in [6, 6.07) is 0.112. The smallest absolute Gasteiger partial charge is 0.326 e. The molecule has 0 rings (SSSR count). The summed E-state index contributed by atoms with van der Waals surface area (Å²) < 4.78 is 5.00. The Hall–Kier alpha value is -0.650. The SMILES string of the molecule is COCC(C)(NC(CN(C)C)C(C)C)C(=O)O. The molecule has 2 atom stereocenters. The van der Waals surface area contributed by atoms with Gasteiger partial charge in [-0.1, -0.05) is 13.8 Å². The first kappa shape index (κ1) is 16.4. The maximum Gasteiger partial charge on any atom is 0.326 e. The summed E-state index contributed by atoms with van der Waals surface area (Å²) in [7, 11) is 5.47. The Morgan fingerprint density at radius 1 is 1.47 bits per heavy atom. The summed E-state index contributed by atoms with van der Waals surface area (Å²) in [6.45, 7) is 6.76. The fourth-order valence-electron chi connectivity index (χ4n) is 1.68. The molecular formula is C12H26N2O3. The maximum atomic E-state index is 11.3. The van der Waals surface area contributed by atoms with Crippen LogP contribution in [0.5, 0.6) is 0 Å². The van der Waals surface area contributed by atoms with Crippen molar-refractivity contribution in [1.29, 1.82) is 0 Å². The minimum Gasteiger partial charge on any atom is -0.480 e. The van der Waals surface area contributed by atoms with Gasteiger partial charge in [-0.2, -0.15) is 0 Å². The van der Waals surface area contributed by atoms with Gasteiger partial charge < -0.3 is 14.7 Å². The second-order valence-electron chi connectivity index (χ2n) is 5.33. The van der Waals surface area contributed by atoms with Crippen LogP contribution in [0.25, 0.3) is 0 Å². The average Bonchev–Trinajstić information content (AvgIpc) is 2.15. The van der Waals surface area contributed by atoms with Gasteiger partial charge in [-0.25, -0.2) is 0 Å². The highest BCUT2D eigenvalue weighted by Crippen LogP contribution is 2.11. The first-order chi connectivity index (χ1) is 7.73. The molecule has 0 amide bonds. The van der Waals surface area contributed by atoms with Crippen LogP contribution in [0.2, 0.25) is 0 Å². The molecule has 0 saturated heterocycles. The van der Waals surface area contributed by atoms with E-state index in [1.54, 1.807) is 6.92 Å². The molecule has 0 radical (unpaired) electrons. The molecule has 5 heteroatoms. The third-order valence-electron chi connectivity index (χ3n) is 2.78. The van der Waals surface area contributed by atoms with Crippen LogP contribution in [0.3, 0.4) is 0 Å². The lowest BCUT2D eigenvalue weighted by Gasteiger charge is -2.34. The summed E-state index contributed by atoms with van der Waals surface area (Å²) >= 11 is 0. The van der Waals surface area contributed by atoms with Gasteiger partial charge in [0.25, 0.3) is 0 Å². The third-order valence-corrected chi connectivity index (χ3v) is 2.78. The minimum absolute atomic E-state index is 0.112. The number of methoxy groups -OCH3 is 1. The van der Waals surface area contributed by atoms with Crippen molar-refractivity contribution in [3.05, 3.63) is 0 Å². The van der Waals surface area contributed by atoms with Crippen LogP contribution < -0.4 is 5.32 Å². The number of hydrogen-bond acceptors (Lipinski definition) is 4. The summed E-state index contributed by atoms with van der Waals surface area (Å²) in [4.78, 5) is 13.3. The van der Waals surface area contributed by atoms with Crippen molar-refractivity contribution >= 4 is 5.97 Å². The van der Waals surface area contributed by atoms with Gasteiger partial charge in [0, 0.05) is 19.7 Å². The van der Waals surface area contributed by atoms with E-state index in [1.165, 1.54) is 7.11 Å². The number of ether oxygens (including phenoxy) is 1. The molecule has 0 bridgehead atoms.